The van der Waals surface area contributed by atoms with Gasteiger partial charge in [-0.1, -0.05) is 23.5 Å². The minimum atomic E-state index is -0.655. The standard InChI is InChI=1S/C20H17N3O4S2/c24-18(12-6-8-28-11-12)22-20-21-13-5-7-23(9-17(13)29-20)19(25)16-10-26-14-3-1-2-4-15(14)27-16/h1-4,6,8,11,16H,5,7,9-10H2,(H,21,22,24). The first-order valence-electron chi connectivity index (χ1n) is 9.17. The molecule has 1 N–H and O–H groups in total. The molecule has 9 heteroatoms. The van der Waals surface area contributed by atoms with Crippen molar-refractivity contribution < 1.29 is 19.1 Å². The van der Waals surface area contributed by atoms with Crippen molar-refractivity contribution >= 4 is 39.6 Å². The molecule has 5 rings (SSSR count). The van der Waals surface area contributed by atoms with Crippen molar-refractivity contribution in [3.8, 4) is 11.5 Å². The Morgan fingerprint density at radius 1 is 1.21 bits per heavy atom. The van der Waals surface area contributed by atoms with Crippen molar-refractivity contribution in [2.45, 2.75) is 19.1 Å². The summed E-state index contributed by atoms with van der Waals surface area (Å²) in [4.78, 5) is 32.5. The summed E-state index contributed by atoms with van der Waals surface area (Å²) in [6.45, 7) is 1.22. The van der Waals surface area contributed by atoms with Gasteiger partial charge in [-0.2, -0.15) is 11.3 Å². The molecule has 2 amide bonds. The predicted octanol–water partition coefficient (Wildman–Crippen LogP) is 3.18. The van der Waals surface area contributed by atoms with Gasteiger partial charge in [0.25, 0.3) is 11.8 Å². The largest absolute Gasteiger partial charge is 0.485 e. The molecule has 0 spiro atoms. The number of thiazole rings is 1. The van der Waals surface area contributed by atoms with E-state index in [1.165, 1.54) is 22.7 Å². The average Bonchev–Trinajstić information content (AvgIpc) is 3.42. The average molecular weight is 428 g/mol. The Kier molecular flexibility index (Phi) is 4.69. The van der Waals surface area contributed by atoms with Gasteiger partial charge in [-0.3, -0.25) is 14.9 Å². The normalized spacial score (nSPS) is 17.5. The number of aromatic nitrogens is 1. The molecular formula is C20H17N3O4S2. The fraction of sp³-hybridized carbons (Fsp3) is 0.250. The zero-order valence-electron chi connectivity index (χ0n) is 15.3. The molecule has 4 heterocycles. The van der Waals surface area contributed by atoms with Crippen LogP contribution in [0, 0.1) is 0 Å². The first kappa shape index (κ1) is 18.1. The lowest BCUT2D eigenvalue weighted by atomic mass is 10.1. The summed E-state index contributed by atoms with van der Waals surface area (Å²) in [5, 5.41) is 7.07. The maximum absolute atomic E-state index is 12.9. The molecule has 0 saturated carbocycles. The van der Waals surface area contributed by atoms with Crippen molar-refractivity contribution in [1.82, 2.24) is 9.88 Å². The maximum Gasteiger partial charge on any atom is 0.267 e. The molecule has 2 aliphatic heterocycles. The van der Waals surface area contributed by atoms with Crippen LogP contribution in [0.15, 0.2) is 41.1 Å². The third kappa shape index (κ3) is 3.58. The fourth-order valence-corrected chi connectivity index (χ4v) is 5.00. The number of anilines is 1. The number of rotatable bonds is 3. The molecule has 0 bridgehead atoms. The van der Waals surface area contributed by atoms with Crippen LogP contribution in [0.25, 0.3) is 0 Å². The number of nitrogens with zero attached hydrogens (tertiary/aromatic N) is 2. The molecule has 3 aromatic rings. The summed E-state index contributed by atoms with van der Waals surface area (Å²) in [7, 11) is 0. The van der Waals surface area contributed by atoms with Gasteiger partial charge in [-0.15, -0.1) is 0 Å². The molecule has 148 valence electrons. The molecule has 1 atom stereocenters. The third-order valence-electron chi connectivity index (χ3n) is 4.83. The van der Waals surface area contributed by atoms with Crippen LogP contribution in [0.5, 0.6) is 11.5 Å². The van der Waals surface area contributed by atoms with Crippen LogP contribution in [0.1, 0.15) is 20.9 Å². The molecule has 7 nitrogen and oxygen atoms in total. The molecule has 1 aromatic carbocycles. The highest BCUT2D eigenvalue weighted by atomic mass is 32.1. The van der Waals surface area contributed by atoms with Crippen LogP contribution in [0.4, 0.5) is 5.13 Å². The van der Waals surface area contributed by atoms with E-state index in [0.717, 1.165) is 10.6 Å². The second-order valence-corrected chi connectivity index (χ2v) is 8.59. The maximum atomic E-state index is 12.9. The number of hydrogen-bond acceptors (Lipinski definition) is 7. The van der Waals surface area contributed by atoms with Crippen molar-refractivity contribution in [3.63, 3.8) is 0 Å². The van der Waals surface area contributed by atoms with Gasteiger partial charge in [0, 0.05) is 23.2 Å². The summed E-state index contributed by atoms with van der Waals surface area (Å²) in [6.07, 6.45) is -0.00656. The summed E-state index contributed by atoms with van der Waals surface area (Å²) >= 11 is 2.89. The van der Waals surface area contributed by atoms with E-state index in [1.807, 2.05) is 23.6 Å². The third-order valence-corrected chi connectivity index (χ3v) is 6.51. The lowest BCUT2D eigenvalue weighted by Crippen LogP contribution is -2.47. The highest BCUT2D eigenvalue weighted by Crippen LogP contribution is 2.33. The molecule has 29 heavy (non-hydrogen) atoms. The lowest BCUT2D eigenvalue weighted by molar-refractivity contribution is -0.142. The number of carbonyl (C=O) groups excluding carboxylic acids is 2. The van der Waals surface area contributed by atoms with Crippen LogP contribution >= 0.6 is 22.7 Å². The topological polar surface area (TPSA) is 80.8 Å². The number of carbonyl (C=O) groups is 2. The van der Waals surface area contributed by atoms with Gasteiger partial charge in [-0.25, -0.2) is 4.98 Å². The fourth-order valence-electron chi connectivity index (χ4n) is 3.34. The number of nitrogens with one attached hydrogen (secondary N) is 1. The highest BCUT2D eigenvalue weighted by molar-refractivity contribution is 7.16. The van der Waals surface area contributed by atoms with Gasteiger partial charge in [0.2, 0.25) is 6.10 Å². The lowest BCUT2D eigenvalue weighted by Gasteiger charge is -2.32. The van der Waals surface area contributed by atoms with Crippen LogP contribution < -0.4 is 14.8 Å². The van der Waals surface area contributed by atoms with Gasteiger partial charge in [0.1, 0.15) is 6.61 Å². The highest BCUT2D eigenvalue weighted by Gasteiger charge is 2.33. The van der Waals surface area contributed by atoms with Crippen LogP contribution in [-0.2, 0) is 17.8 Å². The SMILES string of the molecule is O=C(Nc1nc2c(s1)CN(C(=O)C1COc3ccccc3O1)CC2)c1ccsc1. The Labute approximate surface area is 174 Å². The molecule has 0 aliphatic carbocycles. The summed E-state index contributed by atoms with van der Waals surface area (Å²) in [6, 6.07) is 9.12. The van der Waals surface area contributed by atoms with Crippen LogP contribution in [0.3, 0.4) is 0 Å². The second kappa shape index (κ2) is 7.49. The van der Waals surface area contributed by atoms with E-state index in [0.29, 0.717) is 41.7 Å². The molecule has 2 aliphatic rings. The molecule has 2 aromatic heterocycles. The number of benzene rings is 1. The van der Waals surface area contributed by atoms with Gasteiger partial charge < -0.3 is 14.4 Å². The summed E-state index contributed by atoms with van der Waals surface area (Å²) < 4.78 is 11.5. The van der Waals surface area contributed by atoms with E-state index in [2.05, 4.69) is 10.3 Å². The quantitative estimate of drug-likeness (QED) is 0.694. The Morgan fingerprint density at radius 3 is 2.90 bits per heavy atom. The first-order valence-corrected chi connectivity index (χ1v) is 10.9. The van der Waals surface area contributed by atoms with E-state index in [-0.39, 0.29) is 18.4 Å². The van der Waals surface area contributed by atoms with Gasteiger partial charge in [0.15, 0.2) is 16.6 Å². The Balaban J connectivity index is 1.26. The van der Waals surface area contributed by atoms with Gasteiger partial charge in [0.05, 0.1) is 17.8 Å². The van der Waals surface area contributed by atoms with Gasteiger partial charge in [-0.05, 0) is 23.6 Å². The number of fused-ring (bicyclic) bond motifs is 2. The smallest absolute Gasteiger partial charge is 0.267 e. The second-order valence-electron chi connectivity index (χ2n) is 6.73. The van der Waals surface area contributed by atoms with E-state index >= 15 is 0 Å². The van der Waals surface area contributed by atoms with Crippen LogP contribution in [-0.4, -0.2) is 41.0 Å². The molecular weight excluding hydrogens is 410 g/mol. The summed E-state index contributed by atoms with van der Waals surface area (Å²) in [5.74, 6) is 0.982. The van der Waals surface area contributed by atoms with Crippen molar-refractivity contribution in [2.75, 3.05) is 18.5 Å². The number of amides is 2. The van der Waals surface area contributed by atoms with E-state index in [1.54, 1.807) is 22.4 Å². The number of hydrogen-bond donors (Lipinski definition) is 1. The first-order chi connectivity index (χ1) is 14.2. The summed E-state index contributed by atoms with van der Waals surface area (Å²) in [5.41, 5.74) is 1.56. The minimum absolute atomic E-state index is 0.0950. The number of ether oxygens (including phenoxy) is 2. The minimum Gasteiger partial charge on any atom is -0.485 e. The Morgan fingerprint density at radius 2 is 2.07 bits per heavy atom. The van der Waals surface area contributed by atoms with Crippen molar-refractivity contribution in [3.05, 3.63) is 57.2 Å². The predicted molar refractivity (Wildman–Crippen MR) is 110 cm³/mol. The number of thiophene rings is 1. The van der Waals surface area contributed by atoms with E-state index in [9.17, 15) is 9.59 Å². The molecule has 0 saturated heterocycles. The monoisotopic (exact) mass is 427 g/mol. The van der Waals surface area contributed by atoms with E-state index < -0.39 is 6.10 Å². The zero-order valence-corrected chi connectivity index (χ0v) is 16.9. The van der Waals surface area contributed by atoms with E-state index in [4.69, 9.17) is 9.47 Å². The Hall–Kier alpha value is -2.91. The van der Waals surface area contributed by atoms with Crippen molar-refractivity contribution in [2.24, 2.45) is 0 Å². The molecule has 0 fully saturated rings. The molecule has 0 radical (unpaired) electrons. The van der Waals surface area contributed by atoms with Gasteiger partial charge >= 0.3 is 0 Å². The zero-order chi connectivity index (χ0) is 19.8. The Bertz CT molecular complexity index is 1060. The number of para-hydroxylation sites is 2. The van der Waals surface area contributed by atoms with Crippen molar-refractivity contribution in [1.29, 1.82) is 0 Å². The molecule has 1 unspecified atom stereocenters. The van der Waals surface area contributed by atoms with Crippen LogP contribution in [0.2, 0.25) is 0 Å².